The molecule has 0 aliphatic rings. The van der Waals surface area contributed by atoms with Crippen LogP contribution in [0.25, 0.3) is 0 Å². The molecule has 0 unspecified atom stereocenters. The predicted octanol–water partition coefficient (Wildman–Crippen LogP) is 7.06. The molecule has 13 heteroatoms. The Hall–Kier alpha value is -4.42. The summed E-state index contributed by atoms with van der Waals surface area (Å²) in [6, 6.07) is 11.0. The number of carboxylic acids is 1. The van der Waals surface area contributed by atoms with Crippen LogP contribution in [-0.4, -0.2) is 42.3 Å². The molecular weight excluding hydrogens is 573 g/mol. The molecule has 0 saturated heterocycles. The molecule has 224 valence electrons. The maximum atomic E-state index is 14.6. The number of halogens is 7. The lowest BCUT2D eigenvalue weighted by Crippen LogP contribution is -2.50. The molecule has 0 bridgehead atoms. The van der Waals surface area contributed by atoms with E-state index in [1.54, 1.807) is 19.1 Å². The van der Waals surface area contributed by atoms with Crippen LogP contribution >= 0.6 is 0 Å². The Morgan fingerprint density at radius 2 is 1.36 bits per heavy atom. The minimum atomic E-state index is -6.29. The highest BCUT2D eigenvalue weighted by atomic mass is 19.4. The van der Waals surface area contributed by atoms with Crippen LogP contribution in [0.1, 0.15) is 48.5 Å². The van der Waals surface area contributed by atoms with Crippen LogP contribution in [-0.2, 0) is 16.9 Å². The first-order valence-corrected chi connectivity index (χ1v) is 12.2. The van der Waals surface area contributed by atoms with Crippen molar-refractivity contribution in [3.63, 3.8) is 0 Å². The van der Waals surface area contributed by atoms with Gasteiger partial charge in [0.1, 0.15) is 0 Å². The van der Waals surface area contributed by atoms with Gasteiger partial charge in [-0.05, 0) is 67.3 Å². The lowest BCUT2D eigenvalue weighted by Gasteiger charge is -2.32. The molecule has 3 rings (SSSR count). The average molecular weight is 599 g/mol. The van der Waals surface area contributed by atoms with Gasteiger partial charge in [0.2, 0.25) is 0 Å². The van der Waals surface area contributed by atoms with E-state index in [9.17, 15) is 50.2 Å². The molecule has 3 aromatic carbocycles. The molecule has 0 aliphatic carbocycles. The van der Waals surface area contributed by atoms with Crippen molar-refractivity contribution in [2.45, 2.75) is 45.2 Å². The third-order valence-corrected chi connectivity index (χ3v) is 6.66. The summed E-state index contributed by atoms with van der Waals surface area (Å²) in [4.78, 5) is 38.5. The van der Waals surface area contributed by atoms with Crippen LogP contribution in [0.4, 0.5) is 42.1 Å². The Labute approximate surface area is 235 Å². The molecule has 3 aromatic rings. The molecule has 0 heterocycles. The Morgan fingerprint density at radius 1 is 0.810 bits per heavy atom. The minimum Gasteiger partial charge on any atom is -0.481 e. The van der Waals surface area contributed by atoms with Crippen molar-refractivity contribution in [3.8, 4) is 0 Å². The number of carboxylic acid groups (broad SMARTS) is 1. The zero-order valence-corrected chi connectivity index (χ0v) is 22.7. The van der Waals surface area contributed by atoms with Crippen molar-refractivity contribution in [1.29, 1.82) is 0 Å². The first-order chi connectivity index (χ1) is 19.3. The van der Waals surface area contributed by atoms with Gasteiger partial charge in [0, 0.05) is 35.1 Å². The highest BCUT2D eigenvalue weighted by molar-refractivity contribution is 6.09. The summed E-state index contributed by atoms with van der Waals surface area (Å²) in [5.74, 6) is -2.51. The molecule has 0 spiro atoms. The highest BCUT2D eigenvalue weighted by Crippen LogP contribution is 2.54. The number of aryl methyl sites for hydroxylation is 3. The number of alkyl halides is 7. The maximum absolute atomic E-state index is 14.6. The van der Waals surface area contributed by atoms with Gasteiger partial charge in [-0.2, -0.15) is 26.3 Å². The van der Waals surface area contributed by atoms with Gasteiger partial charge in [-0.3, -0.25) is 14.4 Å². The van der Waals surface area contributed by atoms with E-state index >= 15 is 0 Å². The van der Waals surface area contributed by atoms with Crippen LogP contribution in [0.2, 0.25) is 0 Å². The van der Waals surface area contributed by atoms with E-state index in [0.29, 0.717) is 23.3 Å². The maximum Gasteiger partial charge on any atom is 0.435 e. The summed E-state index contributed by atoms with van der Waals surface area (Å²) in [7, 11) is 1.24. The van der Waals surface area contributed by atoms with Crippen LogP contribution in [0.15, 0.2) is 54.6 Å². The molecular formula is C29H25F7N2O4. The quantitative estimate of drug-likeness (QED) is 0.285. The van der Waals surface area contributed by atoms with E-state index in [1.165, 1.54) is 37.4 Å². The van der Waals surface area contributed by atoms with Gasteiger partial charge in [0.15, 0.2) is 0 Å². The van der Waals surface area contributed by atoms with Gasteiger partial charge in [-0.25, -0.2) is 4.39 Å². The standard InChI is InChI=1S/C29H25F7N2O4/c1-15-7-5-10-21(22(15)14-23(39)40)25(41)37-20-9-6-8-18(13-20)26(42)38(4)24-16(2)11-19(12-17(24)3)27(30,28(31,32)33)29(34,35)36/h5-13H,14H2,1-4H3,(H,37,41)(H,39,40). The van der Waals surface area contributed by atoms with E-state index in [-0.39, 0.29) is 33.6 Å². The summed E-state index contributed by atoms with van der Waals surface area (Å²) in [6.07, 6.45) is -13.0. The molecule has 0 saturated carbocycles. The summed E-state index contributed by atoms with van der Waals surface area (Å²) < 4.78 is 94.3. The lowest BCUT2D eigenvalue weighted by atomic mass is 9.90. The normalized spacial score (nSPS) is 12.2. The fourth-order valence-electron chi connectivity index (χ4n) is 4.70. The van der Waals surface area contributed by atoms with E-state index < -0.39 is 47.8 Å². The number of hydrogen-bond acceptors (Lipinski definition) is 3. The third-order valence-electron chi connectivity index (χ3n) is 6.66. The number of nitrogens with zero attached hydrogens (tertiary/aromatic N) is 1. The molecule has 0 fully saturated rings. The van der Waals surface area contributed by atoms with Gasteiger partial charge in [-0.1, -0.05) is 30.3 Å². The number of rotatable bonds is 7. The monoisotopic (exact) mass is 598 g/mol. The van der Waals surface area contributed by atoms with Crippen molar-refractivity contribution in [2.24, 2.45) is 0 Å². The SMILES string of the molecule is Cc1cccc(C(=O)Nc2cccc(C(=O)N(C)c3c(C)cc(C(F)(C(F)(F)F)C(F)(F)F)cc3C)c2)c1CC(=O)O. The van der Waals surface area contributed by atoms with Crippen LogP contribution in [0.3, 0.4) is 0 Å². The van der Waals surface area contributed by atoms with E-state index in [1.807, 2.05) is 0 Å². The average Bonchev–Trinajstić information content (AvgIpc) is 2.86. The largest absolute Gasteiger partial charge is 0.481 e. The second kappa shape index (κ2) is 11.5. The number of benzene rings is 3. The number of amides is 2. The van der Waals surface area contributed by atoms with E-state index in [4.69, 9.17) is 0 Å². The number of carbonyl (C=O) groups is 3. The van der Waals surface area contributed by atoms with Crippen LogP contribution in [0.5, 0.6) is 0 Å². The Kier molecular flexibility index (Phi) is 8.76. The molecule has 0 aromatic heterocycles. The third kappa shape index (κ3) is 6.09. The summed E-state index contributed by atoms with van der Waals surface area (Å²) in [5.41, 5.74) is -6.60. The summed E-state index contributed by atoms with van der Waals surface area (Å²) in [6.45, 7) is 3.95. The van der Waals surface area contributed by atoms with E-state index in [0.717, 1.165) is 18.7 Å². The van der Waals surface area contributed by atoms with Crippen molar-refractivity contribution >= 4 is 29.2 Å². The second-order valence-corrected chi connectivity index (χ2v) is 9.68. The zero-order valence-electron chi connectivity index (χ0n) is 22.7. The van der Waals surface area contributed by atoms with Crippen molar-refractivity contribution in [1.82, 2.24) is 0 Å². The molecule has 6 nitrogen and oxygen atoms in total. The summed E-state index contributed by atoms with van der Waals surface area (Å²) in [5, 5.41) is 11.8. The van der Waals surface area contributed by atoms with Gasteiger partial charge in [0.05, 0.1) is 6.42 Å². The van der Waals surface area contributed by atoms with Crippen molar-refractivity contribution in [2.75, 3.05) is 17.3 Å². The summed E-state index contributed by atoms with van der Waals surface area (Å²) >= 11 is 0. The molecule has 0 atom stereocenters. The molecule has 0 aliphatic heterocycles. The fourth-order valence-corrected chi connectivity index (χ4v) is 4.70. The molecule has 2 amide bonds. The number of nitrogens with one attached hydrogen (secondary N) is 1. The molecule has 0 radical (unpaired) electrons. The van der Waals surface area contributed by atoms with Crippen LogP contribution < -0.4 is 10.2 Å². The number of aliphatic carboxylic acids is 1. The molecule has 42 heavy (non-hydrogen) atoms. The first kappa shape index (κ1) is 32.1. The lowest BCUT2D eigenvalue weighted by molar-refractivity contribution is -0.348. The Bertz CT molecular complexity index is 1510. The van der Waals surface area contributed by atoms with Gasteiger partial charge < -0.3 is 15.3 Å². The second-order valence-electron chi connectivity index (χ2n) is 9.68. The number of anilines is 2. The minimum absolute atomic E-state index is 0.00130. The zero-order chi connectivity index (χ0) is 31.8. The number of hydrogen-bond donors (Lipinski definition) is 2. The van der Waals surface area contributed by atoms with Crippen LogP contribution in [0, 0.1) is 20.8 Å². The van der Waals surface area contributed by atoms with Gasteiger partial charge >= 0.3 is 24.0 Å². The fraction of sp³-hybridized carbons (Fsp3) is 0.276. The smallest absolute Gasteiger partial charge is 0.435 e. The van der Waals surface area contributed by atoms with Crippen molar-refractivity contribution < 1.29 is 50.2 Å². The predicted molar refractivity (Wildman–Crippen MR) is 140 cm³/mol. The highest BCUT2D eigenvalue weighted by Gasteiger charge is 2.73. The van der Waals surface area contributed by atoms with Gasteiger partial charge in [-0.15, -0.1) is 0 Å². The Balaban J connectivity index is 1.93. The van der Waals surface area contributed by atoms with E-state index in [2.05, 4.69) is 5.32 Å². The topological polar surface area (TPSA) is 86.7 Å². The Morgan fingerprint density at radius 3 is 1.88 bits per heavy atom. The molecule has 2 N–H and O–H groups in total. The number of carbonyl (C=O) groups excluding carboxylic acids is 2. The van der Waals surface area contributed by atoms with Gasteiger partial charge in [0.25, 0.3) is 11.8 Å². The first-order valence-electron chi connectivity index (χ1n) is 12.2. The van der Waals surface area contributed by atoms with Crippen molar-refractivity contribution in [3.05, 3.63) is 93.5 Å².